The fourth-order valence-corrected chi connectivity index (χ4v) is 4.02. The number of urea groups is 1. The van der Waals surface area contributed by atoms with E-state index >= 15 is 0 Å². The van der Waals surface area contributed by atoms with Crippen LogP contribution in [0.25, 0.3) is 0 Å². The molecule has 2 aliphatic carbocycles. The minimum atomic E-state index is -1.25. The Morgan fingerprint density at radius 1 is 1.00 bits per heavy atom. The fourth-order valence-electron chi connectivity index (χ4n) is 4.02. The molecule has 0 saturated heterocycles. The molecular formula is C24H33N3O7. The number of carbonyl (C=O) groups is 4. The van der Waals surface area contributed by atoms with E-state index < -0.39 is 24.0 Å². The Kier molecular flexibility index (Phi) is 8.36. The van der Waals surface area contributed by atoms with Crippen molar-refractivity contribution in [2.24, 2.45) is 11.8 Å². The van der Waals surface area contributed by atoms with Crippen LogP contribution in [0.5, 0.6) is 11.5 Å². The number of hydrogen-bond acceptors (Lipinski definition) is 7. The largest absolute Gasteiger partial charge is 0.493 e. The SMILES string of the molecule is COc1cc(NC(=O)C2CC2C)c(C(=O)OC(C)C(=O)NC(=O)NC2CCCCC2)cc1OC. The normalized spacial score (nSPS) is 20.5. The number of imide groups is 1. The zero-order chi connectivity index (χ0) is 24.8. The van der Waals surface area contributed by atoms with Gasteiger partial charge in [0.05, 0.1) is 25.5 Å². The van der Waals surface area contributed by atoms with Gasteiger partial charge in [-0.3, -0.25) is 14.9 Å². The van der Waals surface area contributed by atoms with E-state index in [1.165, 1.54) is 33.3 Å². The van der Waals surface area contributed by atoms with Crippen LogP contribution in [-0.2, 0) is 14.3 Å². The lowest BCUT2D eigenvalue weighted by atomic mass is 9.96. The number of hydrogen-bond donors (Lipinski definition) is 3. The second kappa shape index (κ2) is 11.2. The molecule has 0 bridgehead atoms. The Morgan fingerprint density at radius 2 is 1.62 bits per heavy atom. The monoisotopic (exact) mass is 475 g/mol. The van der Waals surface area contributed by atoms with E-state index in [1.807, 2.05) is 6.92 Å². The molecule has 1 aromatic carbocycles. The van der Waals surface area contributed by atoms with Crippen molar-refractivity contribution in [1.82, 2.24) is 10.6 Å². The van der Waals surface area contributed by atoms with E-state index in [0.717, 1.165) is 38.5 Å². The van der Waals surface area contributed by atoms with Crippen molar-refractivity contribution in [3.63, 3.8) is 0 Å². The van der Waals surface area contributed by atoms with Gasteiger partial charge in [0.25, 0.3) is 5.91 Å². The standard InChI is InChI=1S/C24H33N3O7/c1-13-10-16(13)22(29)26-18-12-20(33-4)19(32-3)11-17(18)23(30)34-14(2)21(28)27-24(31)25-15-8-6-5-7-9-15/h11-16H,5-10H2,1-4H3,(H,26,29)(H2,25,27,28,31). The first-order valence-corrected chi connectivity index (χ1v) is 11.6. The summed E-state index contributed by atoms with van der Waals surface area (Å²) in [5, 5.41) is 7.75. The van der Waals surface area contributed by atoms with E-state index in [1.54, 1.807) is 0 Å². The molecule has 4 amide bonds. The van der Waals surface area contributed by atoms with Gasteiger partial charge in [0.15, 0.2) is 17.6 Å². The number of carbonyl (C=O) groups excluding carboxylic acids is 4. The minimum Gasteiger partial charge on any atom is -0.493 e. The van der Waals surface area contributed by atoms with Crippen molar-refractivity contribution in [2.45, 2.75) is 64.5 Å². The van der Waals surface area contributed by atoms with Gasteiger partial charge in [-0.25, -0.2) is 9.59 Å². The lowest BCUT2D eigenvalue weighted by Gasteiger charge is -2.23. The number of benzene rings is 1. The van der Waals surface area contributed by atoms with Gasteiger partial charge in [-0.2, -0.15) is 0 Å². The van der Waals surface area contributed by atoms with E-state index in [2.05, 4.69) is 16.0 Å². The molecule has 10 nitrogen and oxygen atoms in total. The van der Waals surface area contributed by atoms with Crippen LogP contribution < -0.4 is 25.4 Å². The van der Waals surface area contributed by atoms with Crippen LogP contribution in [-0.4, -0.2) is 50.2 Å². The maximum atomic E-state index is 12.9. The highest BCUT2D eigenvalue weighted by Gasteiger charge is 2.39. The second-order valence-corrected chi connectivity index (χ2v) is 8.91. The van der Waals surface area contributed by atoms with Crippen molar-refractivity contribution in [2.75, 3.05) is 19.5 Å². The summed E-state index contributed by atoms with van der Waals surface area (Å²) < 4.78 is 15.8. The highest BCUT2D eigenvalue weighted by atomic mass is 16.5. The highest BCUT2D eigenvalue weighted by Crippen LogP contribution is 2.40. The molecule has 3 unspecified atom stereocenters. The summed E-state index contributed by atoms with van der Waals surface area (Å²) in [6, 6.07) is 2.28. The lowest BCUT2D eigenvalue weighted by Crippen LogP contribution is -2.48. The molecule has 0 aliphatic heterocycles. The van der Waals surface area contributed by atoms with Gasteiger partial charge in [0.2, 0.25) is 5.91 Å². The molecule has 3 atom stereocenters. The number of ether oxygens (including phenoxy) is 3. The Balaban J connectivity index is 1.67. The summed E-state index contributed by atoms with van der Waals surface area (Å²) in [6.07, 6.45) is 4.50. The average molecular weight is 476 g/mol. The molecule has 0 spiro atoms. The van der Waals surface area contributed by atoms with Crippen LogP contribution >= 0.6 is 0 Å². The van der Waals surface area contributed by atoms with E-state index in [4.69, 9.17) is 14.2 Å². The van der Waals surface area contributed by atoms with Crippen molar-refractivity contribution in [3.8, 4) is 11.5 Å². The smallest absolute Gasteiger partial charge is 0.341 e. The maximum absolute atomic E-state index is 12.9. The maximum Gasteiger partial charge on any atom is 0.341 e. The van der Waals surface area contributed by atoms with Gasteiger partial charge in [0.1, 0.15) is 0 Å². The van der Waals surface area contributed by atoms with Crippen molar-refractivity contribution < 1.29 is 33.4 Å². The van der Waals surface area contributed by atoms with Crippen molar-refractivity contribution >= 4 is 29.5 Å². The van der Waals surface area contributed by atoms with Gasteiger partial charge in [-0.1, -0.05) is 26.2 Å². The Bertz CT molecular complexity index is 943. The minimum absolute atomic E-state index is 0.00519. The molecule has 34 heavy (non-hydrogen) atoms. The molecule has 2 fully saturated rings. The number of methoxy groups -OCH3 is 2. The summed E-state index contributed by atoms with van der Waals surface area (Å²) in [6.45, 7) is 3.34. The third-order valence-corrected chi connectivity index (χ3v) is 6.28. The summed E-state index contributed by atoms with van der Waals surface area (Å²) in [5.41, 5.74) is 0.194. The topological polar surface area (TPSA) is 132 Å². The first kappa shape index (κ1) is 25.3. The third kappa shape index (κ3) is 6.39. The quantitative estimate of drug-likeness (QED) is 0.493. The number of nitrogens with one attached hydrogen (secondary N) is 3. The first-order valence-electron chi connectivity index (χ1n) is 11.6. The van der Waals surface area contributed by atoms with Crippen molar-refractivity contribution in [3.05, 3.63) is 17.7 Å². The molecule has 0 radical (unpaired) electrons. The van der Waals surface area contributed by atoms with Crippen LogP contribution in [0.1, 0.15) is 62.7 Å². The van der Waals surface area contributed by atoms with Gasteiger partial charge in [-0.05, 0) is 32.1 Å². The molecule has 3 N–H and O–H groups in total. The molecule has 0 heterocycles. The fraction of sp³-hybridized carbons (Fsp3) is 0.583. The third-order valence-electron chi connectivity index (χ3n) is 6.28. The van der Waals surface area contributed by atoms with Crippen LogP contribution in [0, 0.1) is 11.8 Å². The molecule has 3 rings (SSSR count). The molecule has 1 aromatic rings. The summed E-state index contributed by atoms with van der Waals surface area (Å²) in [4.78, 5) is 50.0. The van der Waals surface area contributed by atoms with E-state index in [9.17, 15) is 19.2 Å². The number of esters is 1. The van der Waals surface area contributed by atoms with Gasteiger partial charge < -0.3 is 24.8 Å². The zero-order valence-corrected chi connectivity index (χ0v) is 20.1. The molecule has 186 valence electrons. The molecule has 10 heteroatoms. The highest BCUT2D eigenvalue weighted by molar-refractivity contribution is 6.04. The summed E-state index contributed by atoms with van der Waals surface area (Å²) >= 11 is 0. The number of amides is 4. The van der Waals surface area contributed by atoms with Crippen LogP contribution in [0.4, 0.5) is 10.5 Å². The van der Waals surface area contributed by atoms with Crippen molar-refractivity contribution in [1.29, 1.82) is 0 Å². The van der Waals surface area contributed by atoms with Crippen LogP contribution in [0.2, 0.25) is 0 Å². The molecular weight excluding hydrogens is 442 g/mol. The van der Waals surface area contributed by atoms with Crippen LogP contribution in [0.3, 0.4) is 0 Å². The van der Waals surface area contributed by atoms with Gasteiger partial charge >= 0.3 is 12.0 Å². The number of anilines is 1. The second-order valence-electron chi connectivity index (χ2n) is 8.91. The molecule has 2 aliphatic rings. The zero-order valence-electron chi connectivity index (χ0n) is 20.1. The van der Waals surface area contributed by atoms with Gasteiger partial charge in [0, 0.05) is 24.1 Å². The van der Waals surface area contributed by atoms with E-state index in [-0.39, 0.29) is 40.8 Å². The predicted octanol–water partition coefficient (Wildman–Crippen LogP) is 3.00. The average Bonchev–Trinajstić information content (AvgIpc) is 3.55. The predicted molar refractivity (Wildman–Crippen MR) is 124 cm³/mol. The first-order chi connectivity index (χ1) is 16.2. The van der Waals surface area contributed by atoms with E-state index in [0.29, 0.717) is 5.75 Å². The number of rotatable bonds is 8. The summed E-state index contributed by atoms with van der Waals surface area (Å²) in [5.74, 6) is -1.07. The molecule has 2 saturated carbocycles. The Hall–Kier alpha value is -3.30. The Labute approximate surface area is 199 Å². The van der Waals surface area contributed by atoms with Gasteiger partial charge in [-0.15, -0.1) is 0 Å². The Morgan fingerprint density at radius 3 is 2.21 bits per heavy atom. The van der Waals surface area contributed by atoms with Crippen LogP contribution in [0.15, 0.2) is 12.1 Å². The lowest BCUT2D eigenvalue weighted by molar-refractivity contribution is -0.128. The summed E-state index contributed by atoms with van der Waals surface area (Å²) in [7, 11) is 2.85. The molecule has 0 aromatic heterocycles.